The first-order valence-corrected chi connectivity index (χ1v) is 8.75. The zero-order valence-corrected chi connectivity index (χ0v) is 15.3. The molecule has 3 rings (SSSR count). The lowest BCUT2D eigenvalue weighted by atomic mass is 10.1. The Hall–Kier alpha value is -2.45. The molecular formula is C22H22ClNO. The molecule has 0 radical (unpaired) electrons. The molecule has 3 heteroatoms. The fraction of sp³-hybridized carbons (Fsp3) is 0.182. The largest absolute Gasteiger partial charge is 0.489 e. The summed E-state index contributed by atoms with van der Waals surface area (Å²) in [6.45, 7) is 5.49. The van der Waals surface area contributed by atoms with Crippen molar-refractivity contribution in [1.82, 2.24) is 0 Å². The molecule has 0 unspecified atom stereocenters. The fourth-order valence-corrected chi connectivity index (χ4v) is 2.88. The number of rotatable bonds is 6. The maximum absolute atomic E-state index is 6.01. The van der Waals surface area contributed by atoms with Crippen LogP contribution in [0.5, 0.6) is 5.75 Å². The predicted molar refractivity (Wildman–Crippen MR) is 105 cm³/mol. The van der Waals surface area contributed by atoms with E-state index in [1.54, 1.807) is 0 Å². The molecule has 3 aromatic carbocycles. The minimum absolute atomic E-state index is 0.508. The predicted octanol–water partition coefficient (Wildman–Crippen LogP) is 6.15. The van der Waals surface area contributed by atoms with Gasteiger partial charge in [0, 0.05) is 17.3 Å². The molecule has 3 aromatic rings. The normalized spacial score (nSPS) is 10.5. The number of halogens is 1. The van der Waals surface area contributed by atoms with Crippen molar-refractivity contribution in [2.24, 2.45) is 0 Å². The van der Waals surface area contributed by atoms with Crippen LogP contribution in [0.25, 0.3) is 0 Å². The second-order valence-electron chi connectivity index (χ2n) is 6.24. The number of nitrogens with one attached hydrogen (secondary N) is 1. The van der Waals surface area contributed by atoms with Crippen molar-refractivity contribution in [3.05, 3.63) is 94.0 Å². The Balaban J connectivity index is 1.62. The maximum Gasteiger partial charge on any atom is 0.120 e. The number of aryl methyl sites for hydroxylation is 2. The van der Waals surface area contributed by atoms with Gasteiger partial charge in [-0.15, -0.1) is 0 Å². The van der Waals surface area contributed by atoms with Crippen LogP contribution < -0.4 is 10.1 Å². The van der Waals surface area contributed by atoms with E-state index in [0.29, 0.717) is 6.61 Å². The molecule has 0 saturated carbocycles. The molecule has 0 aliphatic heterocycles. The van der Waals surface area contributed by atoms with Crippen molar-refractivity contribution in [3.63, 3.8) is 0 Å². The Morgan fingerprint density at radius 2 is 1.68 bits per heavy atom. The first-order chi connectivity index (χ1) is 12.1. The number of hydrogen-bond donors (Lipinski definition) is 1. The van der Waals surface area contributed by atoms with Gasteiger partial charge < -0.3 is 10.1 Å². The van der Waals surface area contributed by atoms with Crippen LogP contribution in [-0.4, -0.2) is 0 Å². The van der Waals surface area contributed by atoms with Gasteiger partial charge in [-0.2, -0.15) is 0 Å². The van der Waals surface area contributed by atoms with Gasteiger partial charge in [0.1, 0.15) is 12.4 Å². The number of hydrogen-bond acceptors (Lipinski definition) is 2. The van der Waals surface area contributed by atoms with E-state index in [1.165, 1.54) is 22.4 Å². The lowest BCUT2D eigenvalue weighted by Crippen LogP contribution is -2.02. The Kier molecular flexibility index (Phi) is 5.62. The first kappa shape index (κ1) is 17.4. The molecule has 25 heavy (non-hydrogen) atoms. The minimum Gasteiger partial charge on any atom is -0.489 e. The minimum atomic E-state index is 0.508. The van der Waals surface area contributed by atoms with E-state index in [2.05, 4.69) is 49.5 Å². The van der Waals surface area contributed by atoms with Gasteiger partial charge in [0.15, 0.2) is 0 Å². The smallest absolute Gasteiger partial charge is 0.120 e. The second kappa shape index (κ2) is 8.09. The molecule has 2 nitrogen and oxygen atoms in total. The van der Waals surface area contributed by atoms with Crippen LogP contribution in [-0.2, 0) is 13.2 Å². The van der Waals surface area contributed by atoms with Gasteiger partial charge in [-0.25, -0.2) is 0 Å². The van der Waals surface area contributed by atoms with E-state index in [0.717, 1.165) is 22.9 Å². The van der Waals surface area contributed by atoms with Crippen molar-refractivity contribution < 1.29 is 4.74 Å². The Bertz CT molecular complexity index is 860. The van der Waals surface area contributed by atoms with Crippen LogP contribution in [0.3, 0.4) is 0 Å². The van der Waals surface area contributed by atoms with Gasteiger partial charge in [0.2, 0.25) is 0 Å². The van der Waals surface area contributed by atoms with Crippen LogP contribution in [0, 0.1) is 13.8 Å². The van der Waals surface area contributed by atoms with Crippen molar-refractivity contribution in [2.75, 3.05) is 5.32 Å². The highest BCUT2D eigenvalue weighted by Crippen LogP contribution is 2.20. The molecule has 0 aromatic heterocycles. The molecule has 1 N–H and O–H groups in total. The monoisotopic (exact) mass is 351 g/mol. The van der Waals surface area contributed by atoms with Crippen molar-refractivity contribution in [1.29, 1.82) is 0 Å². The number of anilines is 1. The van der Waals surface area contributed by atoms with E-state index >= 15 is 0 Å². The molecule has 0 heterocycles. The average Bonchev–Trinajstić information content (AvgIpc) is 2.61. The highest BCUT2D eigenvalue weighted by atomic mass is 35.5. The third kappa shape index (κ3) is 5.01. The summed E-state index contributed by atoms with van der Waals surface area (Å²) in [5.41, 5.74) is 5.92. The van der Waals surface area contributed by atoms with E-state index in [9.17, 15) is 0 Å². The van der Waals surface area contributed by atoms with Crippen LogP contribution in [0.15, 0.2) is 66.7 Å². The van der Waals surface area contributed by atoms with Crippen LogP contribution in [0.4, 0.5) is 5.69 Å². The zero-order valence-electron chi connectivity index (χ0n) is 14.6. The molecule has 0 aliphatic carbocycles. The van der Waals surface area contributed by atoms with Gasteiger partial charge in [0.25, 0.3) is 0 Å². The Morgan fingerprint density at radius 3 is 2.52 bits per heavy atom. The molecule has 0 aliphatic rings. The summed E-state index contributed by atoms with van der Waals surface area (Å²) >= 11 is 6.01. The van der Waals surface area contributed by atoms with Gasteiger partial charge in [0.05, 0.1) is 0 Å². The van der Waals surface area contributed by atoms with Gasteiger partial charge in [-0.05, 0) is 66.4 Å². The lowest BCUT2D eigenvalue weighted by Gasteiger charge is -2.12. The van der Waals surface area contributed by atoms with Crippen molar-refractivity contribution in [3.8, 4) is 5.75 Å². The lowest BCUT2D eigenvalue weighted by molar-refractivity contribution is 0.306. The highest BCUT2D eigenvalue weighted by Gasteiger charge is 2.02. The topological polar surface area (TPSA) is 21.3 Å². The SMILES string of the molecule is Cc1ccc(C)c(NCc2cccc(OCc3cccc(Cl)c3)c2)c1. The third-order valence-corrected chi connectivity index (χ3v) is 4.30. The number of benzene rings is 3. The highest BCUT2D eigenvalue weighted by molar-refractivity contribution is 6.30. The summed E-state index contributed by atoms with van der Waals surface area (Å²) in [7, 11) is 0. The maximum atomic E-state index is 6.01. The summed E-state index contributed by atoms with van der Waals surface area (Å²) in [6.07, 6.45) is 0. The van der Waals surface area contributed by atoms with Crippen LogP contribution in [0.2, 0.25) is 5.02 Å². The Labute approximate surface area is 154 Å². The summed E-state index contributed by atoms with van der Waals surface area (Å²) in [5.74, 6) is 0.861. The first-order valence-electron chi connectivity index (χ1n) is 8.37. The molecule has 0 bridgehead atoms. The number of ether oxygens (including phenoxy) is 1. The molecule has 0 spiro atoms. The average molecular weight is 352 g/mol. The van der Waals surface area contributed by atoms with Gasteiger partial charge in [-0.3, -0.25) is 0 Å². The quantitative estimate of drug-likeness (QED) is 0.575. The molecule has 128 valence electrons. The Morgan fingerprint density at radius 1 is 0.880 bits per heavy atom. The second-order valence-corrected chi connectivity index (χ2v) is 6.67. The van der Waals surface area contributed by atoms with E-state index in [-0.39, 0.29) is 0 Å². The van der Waals surface area contributed by atoms with Crippen LogP contribution >= 0.6 is 11.6 Å². The van der Waals surface area contributed by atoms with Crippen LogP contribution in [0.1, 0.15) is 22.3 Å². The summed E-state index contributed by atoms with van der Waals surface area (Å²) in [4.78, 5) is 0. The van der Waals surface area contributed by atoms with E-state index < -0.39 is 0 Å². The van der Waals surface area contributed by atoms with Crippen molar-refractivity contribution >= 4 is 17.3 Å². The summed E-state index contributed by atoms with van der Waals surface area (Å²) in [5, 5.41) is 4.23. The molecule has 0 atom stereocenters. The van der Waals surface area contributed by atoms with Gasteiger partial charge in [-0.1, -0.05) is 48.0 Å². The van der Waals surface area contributed by atoms with E-state index in [4.69, 9.17) is 16.3 Å². The fourth-order valence-electron chi connectivity index (χ4n) is 2.66. The summed E-state index contributed by atoms with van der Waals surface area (Å²) in [6, 6.07) is 22.4. The third-order valence-electron chi connectivity index (χ3n) is 4.07. The molecule has 0 fully saturated rings. The van der Waals surface area contributed by atoms with E-state index in [1.807, 2.05) is 36.4 Å². The van der Waals surface area contributed by atoms with Gasteiger partial charge >= 0.3 is 0 Å². The molecular weight excluding hydrogens is 330 g/mol. The molecule has 0 amide bonds. The van der Waals surface area contributed by atoms with Crippen molar-refractivity contribution in [2.45, 2.75) is 27.0 Å². The zero-order chi connectivity index (χ0) is 17.6. The standard InChI is InChI=1S/C22H22ClNO/c1-16-9-10-17(2)22(11-16)24-14-18-5-4-8-21(13-18)25-15-19-6-3-7-20(23)12-19/h3-13,24H,14-15H2,1-2H3. The molecule has 0 saturated heterocycles. The summed E-state index contributed by atoms with van der Waals surface area (Å²) < 4.78 is 5.90.